The SMILES string of the molecule is CN1CCN(C(=O)c2ccccc2Sc2ccccc2C#N)CC1. The van der Waals surface area contributed by atoms with Crippen molar-refractivity contribution in [2.45, 2.75) is 9.79 Å². The van der Waals surface area contributed by atoms with Crippen LogP contribution in [0.1, 0.15) is 15.9 Å². The Morgan fingerprint density at radius 2 is 1.62 bits per heavy atom. The molecule has 0 bridgehead atoms. The first-order valence-electron chi connectivity index (χ1n) is 7.93. The van der Waals surface area contributed by atoms with Crippen LogP contribution in [0.25, 0.3) is 0 Å². The predicted molar refractivity (Wildman–Crippen MR) is 95.1 cm³/mol. The zero-order valence-electron chi connectivity index (χ0n) is 13.6. The normalized spacial score (nSPS) is 15.1. The zero-order valence-corrected chi connectivity index (χ0v) is 14.4. The van der Waals surface area contributed by atoms with Crippen molar-refractivity contribution in [3.05, 3.63) is 59.7 Å². The van der Waals surface area contributed by atoms with E-state index >= 15 is 0 Å². The van der Waals surface area contributed by atoms with Crippen LogP contribution in [0.5, 0.6) is 0 Å². The summed E-state index contributed by atoms with van der Waals surface area (Å²) < 4.78 is 0. The first-order chi connectivity index (χ1) is 11.7. The van der Waals surface area contributed by atoms with Crippen LogP contribution >= 0.6 is 11.8 Å². The first-order valence-corrected chi connectivity index (χ1v) is 8.74. The van der Waals surface area contributed by atoms with Gasteiger partial charge in [-0.15, -0.1) is 0 Å². The molecule has 0 atom stereocenters. The molecule has 24 heavy (non-hydrogen) atoms. The molecule has 0 N–H and O–H groups in total. The van der Waals surface area contributed by atoms with Crippen LogP contribution in [0.4, 0.5) is 0 Å². The molecule has 4 nitrogen and oxygen atoms in total. The molecular formula is C19H19N3OS. The van der Waals surface area contributed by atoms with E-state index < -0.39 is 0 Å². The summed E-state index contributed by atoms with van der Waals surface area (Å²) in [6.07, 6.45) is 0. The molecule has 0 radical (unpaired) electrons. The number of hydrogen-bond donors (Lipinski definition) is 0. The third-order valence-electron chi connectivity index (χ3n) is 4.14. The molecule has 1 saturated heterocycles. The average molecular weight is 337 g/mol. The Morgan fingerprint density at radius 3 is 2.33 bits per heavy atom. The number of carbonyl (C=O) groups is 1. The third kappa shape index (κ3) is 3.61. The van der Waals surface area contributed by atoms with E-state index in [0.717, 1.165) is 36.0 Å². The van der Waals surface area contributed by atoms with Gasteiger partial charge in [0.05, 0.1) is 11.1 Å². The lowest BCUT2D eigenvalue weighted by molar-refractivity contribution is 0.0660. The van der Waals surface area contributed by atoms with Crippen molar-refractivity contribution < 1.29 is 4.79 Å². The Bertz CT molecular complexity index is 776. The van der Waals surface area contributed by atoms with E-state index in [0.29, 0.717) is 11.1 Å². The zero-order chi connectivity index (χ0) is 16.9. The van der Waals surface area contributed by atoms with Crippen molar-refractivity contribution in [1.29, 1.82) is 5.26 Å². The minimum atomic E-state index is 0.0700. The summed E-state index contributed by atoms with van der Waals surface area (Å²) in [5.74, 6) is 0.0700. The van der Waals surface area contributed by atoms with Crippen LogP contribution in [0.15, 0.2) is 58.3 Å². The number of rotatable bonds is 3. The molecule has 1 fully saturated rings. The maximum atomic E-state index is 12.9. The molecule has 0 unspecified atom stereocenters. The number of carbonyl (C=O) groups excluding carboxylic acids is 1. The molecule has 2 aromatic carbocycles. The Balaban J connectivity index is 1.86. The quantitative estimate of drug-likeness (QED) is 0.863. The molecule has 1 heterocycles. The number of piperazine rings is 1. The molecule has 1 aliphatic heterocycles. The maximum Gasteiger partial charge on any atom is 0.255 e. The standard InChI is InChI=1S/C19H19N3OS/c1-21-10-12-22(13-11-21)19(23)16-7-3-5-9-18(16)24-17-8-4-2-6-15(17)14-20/h2-9H,10-13H2,1H3. The molecular weight excluding hydrogens is 318 g/mol. The second kappa shape index (κ2) is 7.52. The highest BCUT2D eigenvalue weighted by atomic mass is 32.2. The van der Waals surface area contributed by atoms with Crippen LogP contribution in [0.3, 0.4) is 0 Å². The number of nitrogens with zero attached hydrogens (tertiary/aromatic N) is 3. The second-order valence-corrected chi connectivity index (χ2v) is 6.89. The van der Waals surface area contributed by atoms with E-state index in [2.05, 4.69) is 18.0 Å². The van der Waals surface area contributed by atoms with E-state index in [1.807, 2.05) is 47.4 Å². The van der Waals surface area contributed by atoms with Crippen molar-refractivity contribution >= 4 is 17.7 Å². The topological polar surface area (TPSA) is 47.3 Å². The molecule has 2 aromatic rings. The fraction of sp³-hybridized carbons (Fsp3) is 0.263. The van der Waals surface area contributed by atoms with Crippen molar-refractivity contribution in [2.75, 3.05) is 33.2 Å². The largest absolute Gasteiger partial charge is 0.336 e. The van der Waals surface area contributed by atoms with E-state index in [4.69, 9.17) is 0 Å². The van der Waals surface area contributed by atoms with E-state index in [1.54, 1.807) is 6.07 Å². The summed E-state index contributed by atoms with van der Waals surface area (Å²) in [5.41, 5.74) is 1.34. The van der Waals surface area contributed by atoms with E-state index in [9.17, 15) is 10.1 Å². The van der Waals surface area contributed by atoms with Gasteiger partial charge in [0.2, 0.25) is 0 Å². The average Bonchev–Trinajstić information content (AvgIpc) is 2.63. The summed E-state index contributed by atoms with van der Waals surface area (Å²) >= 11 is 1.48. The Kier molecular flexibility index (Phi) is 5.19. The fourth-order valence-electron chi connectivity index (χ4n) is 2.68. The lowest BCUT2D eigenvalue weighted by atomic mass is 10.2. The van der Waals surface area contributed by atoms with Gasteiger partial charge in [-0.05, 0) is 31.3 Å². The minimum absolute atomic E-state index is 0.0700. The molecule has 0 saturated carbocycles. The number of amides is 1. The Labute approximate surface area is 146 Å². The van der Waals surface area contributed by atoms with E-state index in [-0.39, 0.29) is 5.91 Å². The predicted octanol–water partition coefficient (Wildman–Crippen LogP) is 3.10. The highest BCUT2D eigenvalue weighted by molar-refractivity contribution is 7.99. The van der Waals surface area contributed by atoms with Crippen LogP contribution < -0.4 is 0 Å². The molecule has 0 spiro atoms. The molecule has 0 aliphatic carbocycles. The lowest BCUT2D eigenvalue weighted by Gasteiger charge is -2.32. The number of likely N-dealkylation sites (N-methyl/N-ethyl adjacent to an activating group) is 1. The van der Waals surface area contributed by atoms with Gasteiger partial charge >= 0.3 is 0 Å². The number of hydrogen-bond acceptors (Lipinski definition) is 4. The lowest BCUT2D eigenvalue weighted by Crippen LogP contribution is -2.47. The molecule has 122 valence electrons. The molecule has 3 rings (SSSR count). The van der Waals surface area contributed by atoms with Gasteiger partial charge in [0, 0.05) is 36.0 Å². The summed E-state index contributed by atoms with van der Waals surface area (Å²) in [5, 5.41) is 9.26. The van der Waals surface area contributed by atoms with Crippen LogP contribution in [-0.2, 0) is 0 Å². The minimum Gasteiger partial charge on any atom is -0.336 e. The van der Waals surface area contributed by atoms with Gasteiger partial charge in [-0.1, -0.05) is 36.0 Å². The van der Waals surface area contributed by atoms with Gasteiger partial charge in [-0.25, -0.2) is 0 Å². The fourth-order valence-corrected chi connectivity index (χ4v) is 3.70. The van der Waals surface area contributed by atoms with E-state index in [1.165, 1.54) is 11.8 Å². The molecule has 5 heteroatoms. The van der Waals surface area contributed by atoms with Gasteiger partial charge in [0.1, 0.15) is 6.07 Å². The summed E-state index contributed by atoms with van der Waals surface area (Å²) in [6, 6.07) is 17.3. The molecule has 1 amide bonds. The summed E-state index contributed by atoms with van der Waals surface area (Å²) in [4.78, 5) is 18.8. The van der Waals surface area contributed by atoms with Gasteiger partial charge in [-0.3, -0.25) is 4.79 Å². The first kappa shape index (κ1) is 16.6. The Morgan fingerprint density at radius 1 is 1.00 bits per heavy atom. The van der Waals surface area contributed by atoms with Crippen molar-refractivity contribution in [3.63, 3.8) is 0 Å². The van der Waals surface area contributed by atoms with Gasteiger partial charge in [0.15, 0.2) is 0 Å². The monoisotopic (exact) mass is 337 g/mol. The van der Waals surface area contributed by atoms with Crippen molar-refractivity contribution in [1.82, 2.24) is 9.80 Å². The van der Waals surface area contributed by atoms with Gasteiger partial charge in [-0.2, -0.15) is 5.26 Å². The van der Waals surface area contributed by atoms with Crippen molar-refractivity contribution in [2.24, 2.45) is 0 Å². The second-order valence-electron chi connectivity index (χ2n) is 5.80. The van der Waals surface area contributed by atoms with Crippen LogP contribution in [-0.4, -0.2) is 48.9 Å². The maximum absolute atomic E-state index is 12.9. The third-order valence-corrected chi connectivity index (χ3v) is 5.29. The summed E-state index contributed by atoms with van der Waals surface area (Å²) in [7, 11) is 2.07. The van der Waals surface area contributed by atoms with Gasteiger partial charge in [0.25, 0.3) is 5.91 Å². The van der Waals surface area contributed by atoms with Crippen molar-refractivity contribution in [3.8, 4) is 6.07 Å². The van der Waals surface area contributed by atoms with Gasteiger partial charge < -0.3 is 9.80 Å². The molecule has 0 aromatic heterocycles. The van der Waals surface area contributed by atoms with Crippen LogP contribution in [0.2, 0.25) is 0 Å². The highest BCUT2D eigenvalue weighted by Crippen LogP contribution is 2.33. The number of benzene rings is 2. The highest BCUT2D eigenvalue weighted by Gasteiger charge is 2.22. The smallest absolute Gasteiger partial charge is 0.255 e. The molecule has 1 aliphatic rings. The summed E-state index contributed by atoms with van der Waals surface area (Å²) in [6.45, 7) is 3.31. The number of nitriles is 1. The Hall–Kier alpha value is -2.29. The van der Waals surface area contributed by atoms with Crippen LogP contribution in [0, 0.1) is 11.3 Å².